The van der Waals surface area contributed by atoms with Crippen LogP contribution in [-0.4, -0.2) is 30.9 Å². The van der Waals surface area contributed by atoms with Crippen LogP contribution in [0.2, 0.25) is 0 Å². The van der Waals surface area contributed by atoms with Crippen molar-refractivity contribution in [3.8, 4) is 39.9 Å². The van der Waals surface area contributed by atoms with Crippen molar-refractivity contribution in [2.75, 3.05) is 0 Å². The van der Waals surface area contributed by atoms with Crippen LogP contribution in [-0.2, 0) is 24.0 Å². The lowest BCUT2D eigenvalue weighted by molar-refractivity contribution is -0.131. The normalized spacial score (nSPS) is 9.74. The lowest BCUT2D eigenvalue weighted by Crippen LogP contribution is -2.12. The Kier molecular flexibility index (Phi) is 17.3. The van der Waals surface area contributed by atoms with E-state index in [1.54, 1.807) is 37.3 Å². The van der Waals surface area contributed by atoms with E-state index in [1.165, 1.54) is 62.7 Å². The number of hydrogen-bond donors (Lipinski definition) is 0. The first-order valence-electron chi connectivity index (χ1n) is 14.7. The molecule has 11 heteroatoms. The molecule has 0 aliphatic carbocycles. The lowest BCUT2D eigenvalue weighted by atomic mass is 10.0. The number of carbonyl (C=O) groups is 5. The number of carbonyl (C=O) groups excluding carboxylic acids is 5. The van der Waals surface area contributed by atoms with Crippen LogP contribution >= 0.6 is 0 Å². The Hall–Kier alpha value is -6.36. The molecule has 10 nitrogen and oxygen atoms in total. The number of esters is 3. The minimum atomic E-state index is -0.745. The molecule has 0 saturated heterocycles. The molecule has 50 heavy (non-hydrogen) atoms. The number of rotatable bonds is 12. The third kappa shape index (κ3) is 14.2. The van der Waals surface area contributed by atoms with Gasteiger partial charge in [0.2, 0.25) is 0 Å². The predicted octanol–water partition coefficient (Wildman–Crippen LogP) is 8.31. The van der Waals surface area contributed by atoms with E-state index in [2.05, 4.69) is 31.1 Å². The van der Waals surface area contributed by atoms with Gasteiger partial charge in [-0.05, 0) is 77.4 Å². The summed E-state index contributed by atoms with van der Waals surface area (Å²) < 4.78 is 38.3. The van der Waals surface area contributed by atoms with E-state index >= 15 is 0 Å². The van der Waals surface area contributed by atoms with Gasteiger partial charge in [-0.3, -0.25) is 9.59 Å². The molecule has 0 N–H and O–H groups in total. The van der Waals surface area contributed by atoms with E-state index in [0.717, 1.165) is 0 Å². The summed E-state index contributed by atoms with van der Waals surface area (Å²) in [7, 11) is 0. The van der Waals surface area contributed by atoms with Crippen LogP contribution in [0.3, 0.4) is 0 Å². The maximum atomic E-state index is 13.1. The third-order valence-corrected chi connectivity index (χ3v) is 5.55. The average molecular weight is 687 g/mol. The topological polar surface area (TPSA) is 132 Å². The van der Waals surface area contributed by atoms with Crippen molar-refractivity contribution in [3.05, 3.63) is 121 Å². The van der Waals surface area contributed by atoms with Gasteiger partial charge in [-0.2, -0.15) is 0 Å². The van der Waals surface area contributed by atoms with Crippen LogP contribution in [0.25, 0.3) is 17.2 Å². The van der Waals surface area contributed by atoms with Gasteiger partial charge in [-0.25, -0.2) is 18.8 Å². The van der Waals surface area contributed by atoms with Gasteiger partial charge in [0.05, 0.1) is 0 Å². The largest absolute Gasteiger partial charge is 0.429 e. The van der Waals surface area contributed by atoms with E-state index in [4.69, 9.17) is 18.9 Å². The van der Waals surface area contributed by atoms with Gasteiger partial charge < -0.3 is 23.7 Å². The highest BCUT2D eigenvalue weighted by Crippen LogP contribution is 2.41. The first-order chi connectivity index (χ1) is 23.5. The Morgan fingerprint density at radius 3 is 1.56 bits per heavy atom. The molecule has 0 fully saturated rings. The fourth-order valence-corrected chi connectivity index (χ4v) is 3.30. The molecule has 0 bridgehead atoms. The van der Waals surface area contributed by atoms with E-state index in [1.807, 2.05) is 13.8 Å². The predicted molar refractivity (Wildman–Crippen MR) is 188 cm³/mol. The lowest BCUT2D eigenvalue weighted by Gasteiger charge is -2.15. The molecule has 0 radical (unpaired) electrons. The second kappa shape index (κ2) is 20.8. The molecule has 3 aromatic rings. The SMILES string of the molecule is C/C=C/c1ccc(OC=O)cc1F.C=C(C)C.C=C(C)C(=O)Oc1ccc(-c2cc(OC(=O)C(=C)C)c(OC=O)cc2OC(=O)C(=C)C)cc1. The Morgan fingerprint density at radius 1 is 0.620 bits per heavy atom. The van der Waals surface area contributed by atoms with Crippen LogP contribution in [0, 0.1) is 5.82 Å². The number of allylic oxidation sites excluding steroid dienone is 2. The monoisotopic (exact) mass is 686 g/mol. The number of benzene rings is 3. The molecular weight excluding hydrogens is 647 g/mol. The zero-order valence-electron chi connectivity index (χ0n) is 28.8. The maximum Gasteiger partial charge on any atom is 0.338 e. The molecule has 0 aliphatic heterocycles. The number of ether oxygens (including phenoxy) is 5. The van der Waals surface area contributed by atoms with E-state index < -0.39 is 23.7 Å². The Morgan fingerprint density at radius 2 is 1.10 bits per heavy atom. The van der Waals surface area contributed by atoms with Gasteiger partial charge in [-0.1, -0.05) is 49.6 Å². The smallest absolute Gasteiger partial charge is 0.338 e. The molecular formula is C39H39FO10. The Labute approximate surface area is 290 Å². The van der Waals surface area contributed by atoms with E-state index in [9.17, 15) is 28.4 Å². The summed E-state index contributed by atoms with van der Waals surface area (Å²) >= 11 is 0. The third-order valence-electron chi connectivity index (χ3n) is 5.55. The summed E-state index contributed by atoms with van der Waals surface area (Å²) in [6, 6.07) is 13.1. The summed E-state index contributed by atoms with van der Waals surface area (Å²) in [5.41, 5.74) is 2.97. The van der Waals surface area contributed by atoms with E-state index in [0.29, 0.717) is 16.7 Å². The summed E-state index contributed by atoms with van der Waals surface area (Å²) in [4.78, 5) is 56.8. The van der Waals surface area contributed by atoms with Crippen molar-refractivity contribution in [2.45, 2.75) is 41.5 Å². The molecule has 0 amide bonds. The highest BCUT2D eigenvalue weighted by molar-refractivity contribution is 5.92. The van der Waals surface area contributed by atoms with Gasteiger partial charge in [0, 0.05) is 40.0 Å². The molecule has 262 valence electrons. The van der Waals surface area contributed by atoms with Crippen molar-refractivity contribution < 1.29 is 52.0 Å². The van der Waals surface area contributed by atoms with Gasteiger partial charge in [0.15, 0.2) is 11.5 Å². The molecule has 0 unspecified atom stereocenters. The minimum Gasteiger partial charge on any atom is -0.429 e. The van der Waals surface area contributed by atoms with Crippen LogP contribution in [0.15, 0.2) is 109 Å². The van der Waals surface area contributed by atoms with Crippen LogP contribution in [0.5, 0.6) is 28.7 Å². The highest BCUT2D eigenvalue weighted by Gasteiger charge is 2.20. The number of halogens is 1. The highest BCUT2D eigenvalue weighted by atomic mass is 19.1. The molecule has 0 spiro atoms. The van der Waals surface area contributed by atoms with Crippen LogP contribution < -0.4 is 23.7 Å². The fourth-order valence-electron chi connectivity index (χ4n) is 3.30. The Balaban J connectivity index is 0.000000604. The van der Waals surface area contributed by atoms with Gasteiger partial charge in [0.1, 0.15) is 23.1 Å². The molecule has 0 saturated carbocycles. The first kappa shape index (κ1) is 41.7. The van der Waals surface area contributed by atoms with Crippen LogP contribution in [0.1, 0.15) is 47.1 Å². The number of hydrogen-bond acceptors (Lipinski definition) is 10. The van der Waals surface area contributed by atoms with Crippen molar-refractivity contribution in [2.24, 2.45) is 0 Å². The summed E-state index contributed by atoms with van der Waals surface area (Å²) in [5, 5.41) is 0. The molecule has 0 aliphatic rings. The van der Waals surface area contributed by atoms with Crippen LogP contribution in [0.4, 0.5) is 4.39 Å². The van der Waals surface area contributed by atoms with Crippen molar-refractivity contribution in [3.63, 3.8) is 0 Å². The molecule has 3 rings (SSSR count). The van der Waals surface area contributed by atoms with Gasteiger partial charge in [-0.15, -0.1) is 6.58 Å². The van der Waals surface area contributed by atoms with Gasteiger partial charge in [0.25, 0.3) is 12.9 Å². The standard InChI is InChI=1S/C25H22O8.C10H9FO2.C4H8/c1-14(2)23(27)31-18-9-7-17(8-10-18)19-11-22(33-25(29)16(5)6)21(30-13-26)12-20(19)32-24(28)15(3)4;1-2-3-8-4-5-9(13-7-12)6-10(8)11;1-4(2)3/h7-13H,1,3,5H2,2,4,6H3;2-7H,1H3;1H2,2-3H3/b;3-2+;. The zero-order chi connectivity index (χ0) is 38.0. The molecule has 3 aromatic carbocycles. The summed E-state index contributed by atoms with van der Waals surface area (Å²) in [6.45, 7) is 24.7. The molecule has 0 heterocycles. The van der Waals surface area contributed by atoms with Crippen molar-refractivity contribution in [1.82, 2.24) is 0 Å². The van der Waals surface area contributed by atoms with E-state index in [-0.39, 0.29) is 58.4 Å². The second-order valence-electron chi connectivity index (χ2n) is 10.6. The summed E-state index contributed by atoms with van der Waals surface area (Å²) in [6.07, 6.45) is 3.37. The van der Waals surface area contributed by atoms with Gasteiger partial charge >= 0.3 is 17.9 Å². The molecule has 0 aromatic heterocycles. The Bertz CT molecular complexity index is 1800. The minimum absolute atomic E-state index is 0.0154. The van der Waals surface area contributed by atoms with Crippen molar-refractivity contribution >= 4 is 36.9 Å². The quantitative estimate of drug-likeness (QED) is 0.0603. The fraction of sp³-hybridized carbons (Fsp3) is 0.154. The second-order valence-corrected chi connectivity index (χ2v) is 10.6. The molecule has 0 atom stereocenters. The van der Waals surface area contributed by atoms with Crippen molar-refractivity contribution in [1.29, 1.82) is 0 Å². The average Bonchev–Trinajstić information content (AvgIpc) is 3.04. The zero-order valence-corrected chi connectivity index (χ0v) is 28.8. The maximum absolute atomic E-state index is 13.1. The summed E-state index contributed by atoms with van der Waals surface area (Å²) in [5.74, 6) is -2.21. The first-order valence-corrected chi connectivity index (χ1v) is 14.7.